The molecule has 0 saturated heterocycles. The van der Waals surface area contributed by atoms with Crippen LogP contribution in [0.15, 0.2) is 212 Å². The number of rotatable bonds is 5. The van der Waals surface area contributed by atoms with Crippen LogP contribution in [0.4, 0.5) is 0 Å². The van der Waals surface area contributed by atoms with E-state index in [1.165, 1.54) is 85.4 Å². The zero-order valence-electron chi connectivity index (χ0n) is 33.5. The SMILES string of the molecule is c1ccc(-c2cc(-c3ccc(-n4c5ccc6ccccc6c5c5c6c7cc(-c8cccc9ccccc89)ccc7sc6c6ccccc6c54)cc3)nc(-c3ccccc3)n2)cc1. The summed E-state index contributed by atoms with van der Waals surface area (Å²) >= 11 is 1.91. The van der Waals surface area contributed by atoms with E-state index in [4.69, 9.17) is 9.97 Å². The van der Waals surface area contributed by atoms with Crippen molar-refractivity contribution in [1.82, 2.24) is 14.5 Å². The standard InChI is InChI=1S/C58H35N3S/c1-3-16-38(17-4-1)49-35-50(60-58(59-49)40-18-5-2-6-19-40)39-26-30-42(31-27-39)61-51-32-28-37-15-8-10-22-45(37)53(51)55-54-48-34-41(44-25-13-20-36-14-7-9-21-43(36)44)29-33-52(48)62-57(54)47-24-12-11-23-46(47)56(55)61/h1-35H. The van der Waals surface area contributed by atoms with Crippen LogP contribution in [0.3, 0.4) is 0 Å². The lowest BCUT2D eigenvalue weighted by atomic mass is 9.94. The lowest BCUT2D eigenvalue weighted by Gasteiger charge is -2.13. The van der Waals surface area contributed by atoms with Crippen molar-refractivity contribution in [3.05, 3.63) is 212 Å². The molecule has 0 fully saturated rings. The van der Waals surface area contributed by atoms with Crippen molar-refractivity contribution in [2.24, 2.45) is 0 Å². The second-order valence-corrected chi connectivity index (χ2v) is 17.1. The van der Waals surface area contributed by atoms with E-state index in [9.17, 15) is 0 Å². The van der Waals surface area contributed by atoms with Gasteiger partial charge in [0.15, 0.2) is 5.82 Å². The average molecular weight is 806 g/mol. The van der Waals surface area contributed by atoms with Crippen molar-refractivity contribution >= 4 is 85.6 Å². The fourth-order valence-corrected chi connectivity index (χ4v) is 11.0. The number of aromatic nitrogens is 3. The van der Waals surface area contributed by atoms with Crippen molar-refractivity contribution < 1.29 is 0 Å². The highest BCUT2D eigenvalue weighted by Crippen LogP contribution is 2.50. The van der Waals surface area contributed by atoms with Crippen molar-refractivity contribution in [1.29, 1.82) is 0 Å². The van der Waals surface area contributed by atoms with Gasteiger partial charge in [-0.05, 0) is 69.1 Å². The molecule has 0 aliphatic heterocycles. The van der Waals surface area contributed by atoms with E-state index in [0.717, 1.165) is 33.8 Å². The van der Waals surface area contributed by atoms with E-state index >= 15 is 0 Å². The molecule has 3 nitrogen and oxygen atoms in total. The normalized spacial score (nSPS) is 11.9. The zero-order chi connectivity index (χ0) is 40.7. The Morgan fingerprint density at radius 1 is 0.371 bits per heavy atom. The average Bonchev–Trinajstić information content (AvgIpc) is 3.91. The van der Waals surface area contributed by atoms with Crippen molar-refractivity contribution in [3.8, 4) is 50.7 Å². The van der Waals surface area contributed by atoms with Gasteiger partial charge in [-0.25, -0.2) is 9.97 Å². The van der Waals surface area contributed by atoms with Gasteiger partial charge < -0.3 is 4.57 Å². The van der Waals surface area contributed by atoms with E-state index < -0.39 is 0 Å². The zero-order valence-corrected chi connectivity index (χ0v) is 34.3. The highest BCUT2D eigenvalue weighted by Gasteiger charge is 2.24. The molecule has 288 valence electrons. The van der Waals surface area contributed by atoms with Crippen molar-refractivity contribution in [2.75, 3.05) is 0 Å². The molecule has 3 aromatic heterocycles. The third-order valence-electron chi connectivity index (χ3n) is 12.6. The first kappa shape index (κ1) is 34.9. The number of fused-ring (bicyclic) bond motifs is 13. The molecule has 13 aromatic rings. The fourth-order valence-electron chi connectivity index (χ4n) is 9.74. The van der Waals surface area contributed by atoms with Crippen LogP contribution in [0.25, 0.3) is 125 Å². The Morgan fingerprint density at radius 3 is 1.73 bits per heavy atom. The monoisotopic (exact) mass is 805 g/mol. The summed E-state index contributed by atoms with van der Waals surface area (Å²) in [7, 11) is 0. The molecule has 0 radical (unpaired) electrons. The van der Waals surface area contributed by atoms with Crippen molar-refractivity contribution in [3.63, 3.8) is 0 Å². The molecule has 0 N–H and O–H groups in total. The Hall–Kier alpha value is -7.92. The van der Waals surface area contributed by atoms with Crippen LogP contribution in [-0.2, 0) is 0 Å². The Balaban J connectivity index is 1.09. The van der Waals surface area contributed by atoms with Gasteiger partial charge in [-0.2, -0.15) is 0 Å². The smallest absolute Gasteiger partial charge is 0.160 e. The summed E-state index contributed by atoms with van der Waals surface area (Å²) in [5.74, 6) is 0.711. The molecule has 10 aromatic carbocycles. The molecule has 0 saturated carbocycles. The van der Waals surface area contributed by atoms with Gasteiger partial charge in [0.05, 0.1) is 22.4 Å². The second kappa shape index (κ2) is 13.8. The van der Waals surface area contributed by atoms with Crippen LogP contribution in [-0.4, -0.2) is 14.5 Å². The van der Waals surface area contributed by atoms with Crippen LogP contribution < -0.4 is 0 Å². The molecule has 4 heteroatoms. The van der Waals surface area contributed by atoms with Crippen LogP contribution >= 0.6 is 11.3 Å². The molecule has 0 unspecified atom stereocenters. The molecule has 3 heterocycles. The molecular weight excluding hydrogens is 771 g/mol. The Bertz CT molecular complexity index is 3840. The van der Waals surface area contributed by atoms with Crippen LogP contribution in [0.2, 0.25) is 0 Å². The largest absolute Gasteiger partial charge is 0.309 e. The highest BCUT2D eigenvalue weighted by molar-refractivity contribution is 7.27. The molecule has 0 aliphatic carbocycles. The Kier molecular flexibility index (Phi) is 7.78. The first-order chi connectivity index (χ1) is 30.7. The lowest BCUT2D eigenvalue weighted by molar-refractivity contribution is 1.17. The third-order valence-corrected chi connectivity index (χ3v) is 13.8. The number of benzene rings is 10. The van der Waals surface area contributed by atoms with E-state index in [2.05, 4.69) is 193 Å². The van der Waals surface area contributed by atoms with Crippen molar-refractivity contribution in [2.45, 2.75) is 0 Å². The molecule has 0 amide bonds. The minimum atomic E-state index is 0.711. The molecule has 0 atom stereocenters. The van der Waals surface area contributed by atoms with Gasteiger partial charge in [0.25, 0.3) is 0 Å². The topological polar surface area (TPSA) is 30.7 Å². The van der Waals surface area contributed by atoms with E-state index in [1.807, 2.05) is 35.6 Å². The van der Waals surface area contributed by atoms with Gasteiger partial charge in [0, 0.05) is 64.1 Å². The minimum Gasteiger partial charge on any atom is -0.309 e. The van der Waals surface area contributed by atoms with E-state index in [1.54, 1.807) is 0 Å². The number of nitrogens with zero attached hydrogens (tertiary/aromatic N) is 3. The lowest BCUT2D eigenvalue weighted by Crippen LogP contribution is -1.97. The minimum absolute atomic E-state index is 0.711. The Labute approximate surface area is 361 Å². The maximum atomic E-state index is 5.15. The fraction of sp³-hybridized carbons (Fsp3) is 0. The van der Waals surface area contributed by atoms with Gasteiger partial charge in [-0.15, -0.1) is 11.3 Å². The summed E-state index contributed by atoms with van der Waals surface area (Å²) in [6, 6.07) is 76.6. The quantitative estimate of drug-likeness (QED) is 0.173. The molecular formula is C58H35N3S. The number of thiophene rings is 1. The molecule has 0 spiro atoms. The van der Waals surface area contributed by atoms with Crippen LogP contribution in [0.1, 0.15) is 0 Å². The summed E-state index contributed by atoms with van der Waals surface area (Å²) < 4.78 is 5.13. The predicted octanol–water partition coefficient (Wildman–Crippen LogP) is 16.1. The van der Waals surface area contributed by atoms with E-state index in [0.29, 0.717) is 5.82 Å². The predicted molar refractivity (Wildman–Crippen MR) is 264 cm³/mol. The maximum Gasteiger partial charge on any atom is 0.160 e. The van der Waals surface area contributed by atoms with Crippen LogP contribution in [0.5, 0.6) is 0 Å². The summed E-state index contributed by atoms with van der Waals surface area (Å²) in [5, 5.41) is 12.7. The van der Waals surface area contributed by atoms with Gasteiger partial charge in [-0.1, -0.05) is 176 Å². The highest BCUT2D eigenvalue weighted by atomic mass is 32.1. The molecule has 0 bridgehead atoms. The summed E-state index contributed by atoms with van der Waals surface area (Å²) in [6.45, 7) is 0. The third kappa shape index (κ3) is 5.37. The number of hydrogen-bond donors (Lipinski definition) is 0. The molecule has 62 heavy (non-hydrogen) atoms. The first-order valence-electron chi connectivity index (χ1n) is 21.1. The number of hydrogen-bond acceptors (Lipinski definition) is 3. The summed E-state index contributed by atoms with van der Waals surface area (Å²) in [5.41, 5.74) is 10.9. The van der Waals surface area contributed by atoms with E-state index in [-0.39, 0.29) is 0 Å². The first-order valence-corrected chi connectivity index (χ1v) is 21.9. The summed E-state index contributed by atoms with van der Waals surface area (Å²) in [6.07, 6.45) is 0. The maximum absolute atomic E-state index is 5.15. The van der Waals surface area contributed by atoms with Gasteiger partial charge in [0.1, 0.15) is 0 Å². The van der Waals surface area contributed by atoms with Gasteiger partial charge >= 0.3 is 0 Å². The summed E-state index contributed by atoms with van der Waals surface area (Å²) in [4.78, 5) is 10.2. The van der Waals surface area contributed by atoms with Gasteiger partial charge in [0.2, 0.25) is 0 Å². The Morgan fingerprint density at radius 2 is 0.968 bits per heavy atom. The molecule has 0 aliphatic rings. The molecule has 13 rings (SSSR count). The van der Waals surface area contributed by atoms with Crippen LogP contribution in [0, 0.1) is 0 Å². The second-order valence-electron chi connectivity index (χ2n) is 16.1. The van der Waals surface area contributed by atoms with Gasteiger partial charge in [-0.3, -0.25) is 0 Å².